The molecule has 0 spiro atoms. The molecule has 6 nitrogen and oxygen atoms in total. The number of carbonyl (C=O) groups excluding carboxylic acids is 2. The smallest absolute Gasteiger partial charge is 0.417 e. The van der Waals surface area contributed by atoms with Gasteiger partial charge in [-0.15, -0.1) is 0 Å². The molecule has 0 aromatic heterocycles. The summed E-state index contributed by atoms with van der Waals surface area (Å²) in [6.45, 7) is 0.545. The first-order valence-corrected chi connectivity index (χ1v) is 9.05. The van der Waals surface area contributed by atoms with Gasteiger partial charge in [-0.2, -0.15) is 13.2 Å². The maximum absolute atomic E-state index is 13.1. The number of benzene rings is 2. The van der Waals surface area contributed by atoms with Crippen LogP contribution >= 0.6 is 0 Å². The predicted molar refractivity (Wildman–Crippen MR) is 99.9 cm³/mol. The van der Waals surface area contributed by atoms with Crippen LogP contribution in [0.5, 0.6) is 23.0 Å². The monoisotopic (exact) mass is 424 g/mol. The number of methoxy groups -OCH3 is 2. The van der Waals surface area contributed by atoms with Gasteiger partial charge in [0, 0.05) is 18.4 Å². The molecule has 160 valence electrons. The van der Waals surface area contributed by atoms with Crippen LogP contribution in [-0.4, -0.2) is 39.0 Å². The van der Waals surface area contributed by atoms with Gasteiger partial charge in [-0.1, -0.05) is 18.2 Å². The highest BCUT2D eigenvalue weighted by molar-refractivity contribution is 6.05. The number of ketones is 2. The normalized spacial score (nSPS) is 13.0. The zero-order valence-corrected chi connectivity index (χ0v) is 16.3. The van der Waals surface area contributed by atoms with Crippen molar-refractivity contribution >= 4 is 11.6 Å². The van der Waals surface area contributed by atoms with Crippen molar-refractivity contribution in [2.24, 2.45) is 0 Å². The van der Waals surface area contributed by atoms with Crippen LogP contribution in [0.15, 0.2) is 30.3 Å². The highest BCUT2D eigenvalue weighted by atomic mass is 19.4. The molecular weight excluding hydrogens is 405 g/mol. The van der Waals surface area contributed by atoms with Crippen LogP contribution in [0.2, 0.25) is 0 Å². The third kappa shape index (κ3) is 4.19. The van der Waals surface area contributed by atoms with E-state index in [4.69, 9.17) is 18.9 Å². The van der Waals surface area contributed by atoms with Crippen molar-refractivity contribution in [1.82, 2.24) is 0 Å². The van der Waals surface area contributed by atoms with E-state index in [1.54, 1.807) is 0 Å². The summed E-state index contributed by atoms with van der Waals surface area (Å²) in [7, 11) is 2.74. The molecule has 0 N–H and O–H groups in total. The summed E-state index contributed by atoms with van der Waals surface area (Å²) in [6.07, 6.45) is -5.38. The van der Waals surface area contributed by atoms with Crippen LogP contribution < -0.4 is 18.9 Å². The van der Waals surface area contributed by atoms with Gasteiger partial charge in [0.2, 0.25) is 11.5 Å². The van der Waals surface area contributed by atoms with Crippen LogP contribution in [0, 0.1) is 0 Å². The molecule has 2 aromatic rings. The summed E-state index contributed by atoms with van der Waals surface area (Å²) in [6, 6.07) is 5.89. The average molecular weight is 424 g/mol. The van der Waals surface area contributed by atoms with Crippen molar-refractivity contribution in [2.45, 2.75) is 19.0 Å². The Morgan fingerprint density at radius 2 is 1.53 bits per heavy atom. The fourth-order valence-electron chi connectivity index (χ4n) is 3.19. The average Bonchev–Trinajstić information content (AvgIpc) is 2.75. The van der Waals surface area contributed by atoms with Crippen molar-refractivity contribution in [3.05, 3.63) is 47.0 Å². The van der Waals surface area contributed by atoms with E-state index in [0.29, 0.717) is 12.4 Å². The van der Waals surface area contributed by atoms with Crippen molar-refractivity contribution in [2.75, 3.05) is 27.4 Å². The second kappa shape index (κ2) is 8.64. The standard InChI is InChI=1S/C21H19F3O6/c1-27-17-11-13(18(28-2)20-19(17)29-9-10-30-20)16(26)8-7-15(25)12-5-3-4-6-14(12)21(22,23)24/h3-6,11H,7-10H2,1-2H3. The van der Waals surface area contributed by atoms with Gasteiger partial charge in [-0.25, -0.2) is 0 Å². The summed E-state index contributed by atoms with van der Waals surface area (Å²) < 4.78 is 61.0. The van der Waals surface area contributed by atoms with Gasteiger partial charge in [0.05, 0.1) is 25.3 Å². The van der Waals surface area contributed by atoms with E-state index < -0.39 is 35.3 Å². The van der Waals surface area contributed by atoms with Crippen LogP contribution in [0.3, 0.4) is 0 Å². The van der Waals surface area contributed by atoms with Gasteiger partial charge in [-0.3, -0.25) is 9.59 Å². The topological polar surface area (TPSA) is 71.1 Å². The zero-order valence-electron chi connectivity index (χ0n) is 16.3. The van der Waals surface area contributed by atoms with Crippen molar-refractivity contribution < 1.29 is 41.7 Å². The molecule has 0 amide bonds. The highest BCUT2D eigenvalue weighted by Gasteiger charge is 2.35. The fraction of sp³-hybridized carbons (Fsp3) is 0.333. The quantitative estimate of drug-likeness (QED) is 0.616. The molecule has 2 aromatic carbocycles. The molecule has 1 aliphatic heterocycles. The summed E-state index contributed by atoms with van der Waals surface area (Å²) in [4.78, 5) is 25.2. The number of halogens is 3. The lowest BCUT2D eigenvalue weighted by Crippen LogP contribution is -2.18. The number of hydrogen-bond acceptors (Lipinski definition) is 6. The molecule has 1 heterocycles. The third-order valence-electron chi connectivity index (χ3n) is 4.57. The summed E-state index contributed by atoms with van der Waals surface area (Å²) in [5.41, 5.74) is -1.40. The fourth-order valence-corrected chi connectivity index (χ4v) is 3.19. The summed E-state index contributed by atoms with van der Waals surface area (Å²) in [5.74, 6) is -0.395. The van der Waals surface area contributed by atoms with Gasteiger partial charge in [0.1, 0.15) is 13.2 Å². The Balaban J connectivity index is 1.85. The number of hydrogen-bond donors (Lipinski definition) is 0. The van der Waals surface area contributed by atoms with Crippen LogP contribution in [0.1, 0.15) is 39.1 Å². The molecular formula is C21H19F3O6. The van der Waals surface area contributed by atoms with Gasteiger partial charge in [-0.05, 0) is 12.1 Å². The second-order valence-corrected chi connectivity index (χ2v) is 6.40. The number of alkyl halides is 3. The van der Waals surface area contributed by atoms with Crippen molar-refractivity contribution in [3.8, 4) is 23.0 Å². The summed E-state index contributed by atoms with van der Waals surface area (Å²) >= 11 is 0. The van der Waals surface area contributed by atoms with E-state index in [0.717, 1.165) is 12.1 Å². The van der Waals surface area contributed by atoms with E-state index in [2.05, 4.69) is 0 Å². The van der Waals surface area contributed by atoms with Crippen LogP contribution in [0.25, 0.3) is 0 Å². The van der Waals surface area contributed by atoms with Gasteiger partial charge < -0.3 is 18.9 Å². The first kappa shape index (κ1) is 21.5. The molecule has 0 aliphatic carbocycles. The van der Waals surface area contributed by atoms with Gasteiger partial charge in [0.25, 0.3) is 0 Å². The maximum Gasteiger partial charge on any atom is 0.417 e. The minimum atomic E-state index is -4.66. The van der Waals surface area contributed by atoms with E-state index in [1.807, 2.05) is 0 Å². The Bertz CT molecular complexity index is 968. The third-order valence-corrected chi connectivity index (χ3v) is 4.57. The van der Waals surface area contributed by atoms with Crippen LogP contribution in [0.4, 0.5) is 13.2 Å². The Labute approximate surface area is 170 Å². The maximum atomic E-state index is 13.1. The second-order valence-electron chi connectivity index (χ2n) is 6.40. The zero-order chi connectivity index (χ0) is 21.9. The van der Waals surface area contributed by atoms with E-state index in [-0.39, 0.29) is 35.8 Å². The molecule has 0 radical (unpaired) electrons. The molecule has 3 rings (SSSR count). The molecule has 0 saturated carbocycles. The Kier molecular flexibility index (Phi) is 6.19. The molecule has 0 saturated heterocycles. The number of carbonyl (C=O) groups is 2. The first-order chi connectivity index (χ1) is 14.3. The molecule has 30 heavy (non-hydrogen) atoms. The number of rotatable bonds is 7. The minimum Gasteiger partial charge on any atom is -0.493 e. The van der Waals surface area contributed by atoms with Crippen molar-refractivity contribution in [1.29, 1.82) is 0 Å². The largest absolute Gasteiger partial charge is 0.493 e. The molecule has 0 fully saturated rings. The Morgan fingerprint density at radius 3 is 2.13 bits per heavy atom. The molecule has 0 unspecified atom stereocenters. The molecule has 9 heteroatoms. The van der Waals surface area contributed by atoms with E-state index in [9.17, 15) is 22.8 Å². The van der Waals surface area contributed by atoms with Crippen LogP contribution in [-0.2, 0) is 6.18 Å². The molecule has 1 aliphatic rings. The number of Topliss-reactive ketones (excluding diaryl/α,β-unsaturated/α-hetero) is 2. The van der Waals surface area contributed by atoms with Gasteiger partial charge in [0.15, 0.2) is 23.1 Å². The minimum absolute atomic E-state index is 0.0931. The lowest BCUT2D eigenvalue weighted by Gasteiger charge is -2.24. The van der Waals surface area contributed by atoms with E-state index in [1.165, 1.54) is 32.4 Å². The molecule has 0 atom stereocenters. The molecule has 0 bridgehead atoms. The highest BCUT2D eigenvalue weighted by Crippen LogP contribution is 2.48. The predicted octanol–water partition coefficient (Wildman–Crippen LogP) is 4.34. The number of fused-ring (bicyclic) bond motifs is 1. The van der Waals surface area contributed by atoms with E-state index >= 15 is 0 Å². The van der Waals surface area contributed by atoms with Crippen molar-refractivity contribution in [3.63, 3.8) is 0 Å². The Hall–Kier alpha value is -3.23. The number of ether oxygens (including phenoxy) is 4. The van der Waals surface area contributed by atoms with Gasteiger partial charge >= 0.3 is 6.18 Å². The lowest BCUT2D eigenvalue weighted by atomic mass is 9.97. The SMILES string of the molecule is COc1cc(C(=O)CCC(=O)c2ccccc2C(F)(F)F)c(OC)c2c1OCCO2. The Morgan fingerprint density at radius 1 is 0.933 bits per heavy atom. The first-order valence-electron chi connectivity index (χ1n) is 9.05. The lowest BCUT2D eigenvalue weighted by molar-refractivity contribution is -0.137. The summed E-state index contributed by atoms with van der Waals surface area (Å²) in [5, 5.41) is 0.